The normalized spacial score (nSPS) is 13.6. The van der Waals surface area contributed by atoms with Gasteiger partial charge in [-0.15, -0.1) is 11.3 Å². The fraction of sp³-hybridized carbons (Fsp3) is 0.182. The highest BCUT2D eigenvalue weighted by molar-refractivity contribution is 7.12. The van der Waals surface area contributed by atoms with Crippen LogP contribution in [0.1, 0.15) is 37.6 Å². The standard InChI is InChI=1S/C22H17F3N2O2S/c23-22(24,25)16-7-5-14(6-8-16)20(28)26-17-9-10-18-15(13-17)3-1-11-27(18)21(29)19-4-2-12-30-19/h2,4-10,12-13H,1,3,11H2,(H,26,28). The maximum absolute atomic E-state index is 12.8. The van der Waals surface area contributed by atoms with Crippen molar-refractivity contribution in [3.8, 4) is 0 Å². The number of hydrogen-bond donors (Lipinski definition) is 1. The molecule has 4 nitrogen and oxygen atoms in total. The topological polar surface area (TPSA) is 49.4 Å². The highest BCUT2D eigenvalue weighted by atomic mass is 32.1. The smallest absolute Gasteiger partial charge is 0.322 e. The minimum Gasteiger partial charge on any atom is -0.322 e. The van der Waals surface area contributed by atoms with Gasteiger partial charge in [0.2, 0.25) is 0 Å². The summed E-state index contributed by atoms with van der Waals surface area (Å²) >= 11 is 1.39. The second kappa shape index (κ2) is 7.95. The first-order valence-electron chi connectivity index (χ1n) is 9.30. The molecule has 2 aromatic carbocycles. The Kier molecular flexibility index (Phi) is 5.34. The van der Waals surface area contributed by atoms with Crippen LogP contribution >= 0.6 is 11.3 Å². The summed E-state index contributed by atoms with van der Waals surface area (Å²) in [5.41, 5.74) is 1.62. The minimum atomic E-state index is -4.44. The molecule has 30 heavy (non-hydrogen) atoms. The summed E-state index contributed by atoms with van der Waals surface area (Å²) in [6.45, 7) is 0.626. The second-order valence-corrected chi connectivity index (χ2v) is 7.86. The quantitative estimate of drug-likeness (QED) is 0.587. The Morgan fingerprint density at radius 2 is 1.80 bits per heavy atom. The van der Waals surface area contributed by atoms with Gasteiger partial charge in [-0.1, -0.05) is 6.07 Å². The van der Waals surface area contributed by atoms with Crippen LogP contribution in [0.15, 0.2) is 60.0 Å². The molecule has 1 aliphatic rings. The first-order valence-corrected chi connectivity index (χ1v) is 10.2. The van der Waals surface area contributed by atoms with Gasteiger partial charge in [-0.2, -0.15) is 13.2 Å². The first-order chi connectivity index (χ1) is 14.3. The van der Waals surface area contributed by atoms with Gasteiger partial charge in [-0.05, 0) is 72.3 Å². The van der Waals surface area contributed by atoms with Crippen LogP contribution < -0.4 is 10.2 Å². The SMILES string of the molecule is O=C(Nc1ccc2c(c1)CCCN2C(=O)c1cccs1)c1ccc(C(F)(F)F)cc1. The predicted molar refractivity (Wildman–Crippen MR) is 110 cm³/mol. The van der Waals surface area contributed by atoms with Crippen LogP contribution in [0.5, 0.6) is 0 Å². The average Bonchev–Trinajstić information content (AvgIpc) is 3.27. The molecule has 0 saturated heterocycles. The van der Waals surface area contributed by atoms with E-state index in [0.29, 0.717) is 17.1 Å². The monoisotopic (exact) mass is 430 g/mol. The van der Waals surface area contributed by atoms with Crippen molar-refractivity contribution in [1.82, 2.24) is 0 Å². The largest absolute Gasteiger partial charge is 0.416 e. The molecule has 0 fully saturated rings. The molecule has 154 valence electrons. The molecule has 2 heterocycles. The third kappa shape index (κ3) is 4.09. The summed E-state index contributed by atoms with van der Waals surface area (Å²) < 4.78 is 38.0. The zero-order chi connectivity index (χ0) is 21.3. The van der Waals surface area contributed by atoms with Gasteiger partial charge < -0.3 is 10.2 Å². The fourth-order valence-electron chi connectivity index (χ4n) is 3.43. The van der Waals surface area contributed by atoms with E-state index in [-0.39, 0.29) is 11.5 Å². The molecule has 8 heteroatoms. The van der Waals surface area contributed by atoms with Gasteiger partial charge in [0.05, 0.1) is 10.4 Å². The average molecular weight is 430 g/mol. The summed E-state index contributed by atoms with van der Waals surface area (Å²) in [4.78, 5) is 27.6. The van der Waals surface area contributed by atoms with E-state index in [1.807, 2.05) is 17.5 Å². The number of anilines is 2. The number of nitrogens with one attached hydrogen (secondary N) is 1. The van der Waals surface area contributed by atoms with Gasteiger partial charge in [0.25, 0.3) is 11.8 Å². The number of aryl methyl sites for hydroxylation is 1. The van der Waals surface area contributed by atoms with Crippen molar-refractivity contribution >= 4 is 34.5 Å². The minimum absolute atomic E-state index is 0.0486. The number of nitrogens with zero attached hydrogens (tertiary/aromatic N) is 1. The number of benzene rings is 2. The summed E-state index contributed by atoms with van der Waals surface area (Å²) in [5.74, 6) is -0.543. The lowest BCUT2D eigenvalue weighted by molar-refractivity contribution is -0.137. The third-order valence-electron chi connectivity index (χ3n) is 4.91. The summed E-state index contributed by atoms with van der Waals surface area (Å²) in [7, 11) is 0. The maximum Gasteiger partial charge on any atom is 0.416 e. The van der Waals surface area contributed by atoms with Crippen LogP contribution in [0.25, 0.3) is 0 Å². The van der Waals surface area contributed by atoms with Gasteiger partial charge in [0, 0.05) is 23.5 Å². The molecule has 3 aromatic rings. The molecule has 1 aliphatic heterocycles. The molecule has 0 aliphatic carbocycles. The number of hydrogen-bond acceptors (Lipinski definition) is 3. The van der Waals surface area contributed by atoms with E-state index in [0.717, 1.165) is 48.4 Å². The Morgan fingerprint density at radius 3 is 2.47 bits per heavy atom. The molecule has 0 radical (unpaired) electrons. The number of amides is 2. The van der Waals surface area contributed by atoms with Crippen molar-refractivity contribution < 1.29 is 22.8 Å². The molecular weight excluding hydrogens is 413 g/mol. The zero-order valence-electron chi connectivity index (χ0n) is 15.7. The molecular formula is C22H17F3N2O2S. The van der Waals surface area contributed by atoms with Crippen LogP contribution in [-0.4, -0.2) is 18.4 Å². The molecule has 1 N–H and O–H groups in total. The van der Waals surface area contributed by atoms with E-state index in [2.05, 4.69) is 5.32 Å². The Labute approximate surface area is 174 Å². The molecule has 0 atom stereocenters. The molecule has 4 rings (SSSR count). The molecule has 0 saturated carbocycles. The number of alkyl halides is 3. The van der Waals surface area contributed by atoms with E-state index >= 15 is 0 Å². The Hall–Kier alpha value is -3.13. The van der Waals surface area contributed by atoms with Crippen molar-refractivity contribution in [1.29, 1.82) is 0 Å². The number of fused-ring (bicyclic) bond motifs is 1. The van der Waals surface area contributed by atoms with Crippen LogP contribution in [-0.2, 0) is 12.6 Å². The van der Waals surface area contributed by atoms with Crippen LogP contribution in [0.2, 0.25) is 0 Å². The van der Waals surface area contributed by atoms with Gasteiger partial charge in [0.15, 0.2) is 0 Å². The van der Waals surface area contributed by atoms with Gasteiger partial charge in [-0.3, -0.25) is 9.59 Å². The van der Waals surface area contributed by atoms with Crippen molar-refractivity contribution in [3.63, 3.8) is 0 Å². The van der Waals surface area contributed by atoms with E-state index in [1.165, 1.54) is 11.3 Å². The number of halogens is 3. The Morgan fingerprint density at radius 1 is 1.03 bits per heavy atom. The maximum atomic E-state index is 12.8. The van der Waals surface area contributed by atoms with Crippen LogP contribution in [0.3, 0.4) is 0 Å². The summed E-state index contributed by atoms with van der Waals surface area (Å²) in [5, 5.41) is 4.58. The molecule has 0 bridgehead atoms. The fourth-order valence-corrected chi connectivity index (χ4v) is 4.10. The zero-order valence-corrected chi connectivity index (χ0v) is 16.5. The lowest BCUT2D eigenvalue weighted by Gasteiger charge is -2.29. The van der Waals surface area contributed by atoms with Gasteiger partial charge in [-0.25, -0.2) is 0 Å². The van der Waals surface area contributed by atoms with Crippen molar-refractivity contribution in [2.75, 3.05) is 16.8 Å². The number of rotatable bonds is 3. The Bertz CT molecular complexity index is 1080. The van der Waals surface area contributed by atoms with Gasteiger partial charge >= 0.3 is 6.18 Å². The van der Waals surface area contributed by atoms with E-state index < -0.39 is 17.6 Å². The Balaban J connectivity index is 1.51. The highest BCUT2D eigenvalue weighted by Crippen LogP contribution is 2.32. The number of carbonyl (C=O) groups is 2. The molecule has 2 amide bonds. The van der Waals surface area contributed by atoms with Crippen molar-refractivity contribution in [2.45, 2.75) is 19.0 Å². The second-order valence-electron chi connectivity index (χ2n) is 6.91. The van der Waals surface area contributed by atoms with Crippen molar-refractivity contribution in [2.24, 2.45) is 0 Å². The molecule has 0 unspecified atom stereocenters. The summed E-state index contributed by atoms with van der Waals surface area (Å²) in [6, 6.07) is 13.0. The summed E-state index contributed by atoms with van der Waals surface area (Å²) in [6.07, 6.45) is -2.87. The van der Waals surface area contributed by atoms with Crippen LogP contribution in [0.4, 0.5) is 24.5 Å². The third-order valence-corrected chi connectivity index (χ3v) is 5.77. The lowest BCUT2D eigenvalue weighted by atomic mass is 10.0. The lowest BCUT2D eigenvalue weighted by Crippen LogP contribution is -2.35. The molecule has 1 aromatic heterocycles. The number of carbonyl (C=O) groups excluding carboxylic acids is 2. The van der Waals surface area contributed by atoms with Gasteiger partial charge in [0.1, 0.15) is 0 Å². The predicted octanol–water partition coefficient (Wildman–Crippen LogP) is 5.61. The van der Waals surface area contributed by atoms with E-state index in [4.69, 9.17) is 0 Å². The van der Waals surface area contributed by atoms with Crippen LogP contribution in [0, 0.1) is 0 Å². The first kappa shape index (κ1) is 20.2. The van der Waals surface area contributed by atoms with E-state index in [1.54, 1.807) is 23.1 Å². The highest BCUT2D eigenvalue weighted by Gasteiger charge is 2.30. The van der Waals surface area contributed by atoms with Crippen molar-refractivity contribution in [3.05, 3.63) is 81.5 Å². The molecule has 0 spiro atoms. The van der Waals surface area contributed by atoms with E-state index in [9.17, 15) is 22.8 Å². The number of thiophene rings is 1.